The first-order valence-corrected chi connectivity index (χ1v) is 8.45. The Kier molecular flexibility index (Phi) is 5.89. The highest BCUT2D eigenvalue weighted by Crippen LogP contribution is 2.39. The van der Waals surface area contributed by atoms with Crippen LogP contribution in [0.4, 0.5) is 11.4 Å². The Morgan fingerprint density at radius 3 is 2.64 bits per heavy atom. The quantitative estimate of drug-likeness (QED) is 0.330. The van der Waals surface area contributed by atoms with Crippen molar-refractivity contribution in [3.63, 3.8) is 0 Å². The highest BCUT2D eigenvalue weighted by Gasteiger charge is 2.39. The molecule has 1 aromatic rings. The van der Waals surface area contributed by atoms with Crippen LogP contribution in [-0.2, 0) is 25.5 Å². The molecule has 8 nitrogen and oxygen atoms in total. The Balaban J connectivity index is 2.48. The number of benzene rings is 1. The number of anilines is 1. The zero-order chi connectivity index (χ0) is 18.7. The van der Waals surface area contributed by atoms with E-state index in [4.69, 9.17) is 0 Å². The first-order chi connectivity index (χ1) is 11.8. The van der Waals surface area contributed by atoms with E-state index in [-0.39, 0.29) is 30.6 Å². The van der Waals surface area contributed by atoms with E-state index in [0.29, 0.717) is 10.0 Å². The van der Waals surface area contributed by atoms with E-state index in [1.807, 2.05) is 0 Å². The number of nitro groups is 1. The number of hydrogen-bond acceptors (Lipinski definition) is 7. The van der Waals surface area contributed by atoms with E-state index in [1.165, 1.54) is 13.2 Å². The number of carbonyl (C=O) groups is 3. The predicted molar refractivity (Wildman–Crippen MR) is 92.3 cm³/mol. The Morgan fingerprint density at radius 1 is 1.40 bits per heavy atom. The molecule has 0 saturated carbocycles. The van der Waals surface area contributed by atoms with Crippen LogP contribution in [-0.4, -0.2) is 35.6 Å². The summed E-state index contributed by atoms with van der Waals surface area (Å²) in [5.74, 6) is -2.47. The van der Waals surface area contributed by atoms with Gasteiger partial charge in [0.05, 0.1) is 24.4 Å². The molecular formula is C16H17BrN2O6. The Morgan fingerprint density at radius 2 is 2.08 bits per heavy atom. The first-order valence-electron chi connectivity index (χ1n) is 7.65. The smallest absolute Gasteiger partial charge is 0.307 e. The third kappa shape index (κ3) is 4.04. The number of ether oxygens (including phenoxy) is 1. The monoisotopic (exact) mass is 412 g/mol. The van der Waals surface area contributed by atoms with Crippen molar-refractivity contribution < 1.29 is 24.0 Å². The van der Waals surface area contributed by atoms with Gasteiger partial charge in [0.1, 0.15) is 5.69 Å². The van der Waals surface area contributed by atoms with E-state index in [9.17, 15) is 24.5 Å². The van der Waals surface area contributed by atoms with E-state index in [1.54, 1.807) is 13.0 Å². The van der Waals surface area contributed by atoms with Crippen LogP contribution in [0.3, 0.4) is 0 Å². The lowest BCUT2D eigenvalue weighted by Crippen LogP contribution is -2.43. The Bertz CT molecular complexity index is 748. The number of nitrogens with one attached hydrogen (secondary N) is 1. The third-order valence-electron chi connectivity index (χ3n) is 4.16. The molecule has 25 heavy (non-hydrogen) atoms. The van der Waals surface area contributed by atoms with Gasteiger partial charge in [-0.25, -0.2) is 0 Å². The summed E-state index contributed by atoms with van der Waals surface area (Å²) >= 11 is 3.22. The second-order valence-electron chi connectivity index (χ2n) is 5.70. The molecule has 1 heterocycles. The number of Topliss-reactive ketones (excluding diaryl/α,β-unsaturated/α-hetero) is 2. The fourth-order valence-electron chi connectivity index (χ4n) is 2.90. The summed E-state index contributed by atoms with van der Waals surface area (Å²) < 4.78 is 5.14. The summed E-state index contributed by atoms with van der Waals surface area (Å²) in [4.78, 5) is 46.7. The van der Waals surface area contributed by atoms with Crippen molar-refractivity contribution in [3.8, 4) is 0 Å². The van der Waals surface area contributed by atoms with Gasteiger partial charge in [0.25, 0.3) is 5.69 Å². The molecule has 1 aliphatic heterocycles. The van der Waals surface area contributed by atoms with Crippen LogP contribution in [0.1, 0.15) is 25.3 Å². The maximum absolute atomic E-state index is 12.4. The van der Waals surface area contributed by atoms with Crippen molar-refractivity contribution in [2.45, 2.75) is 32.2 Å². The fraction of sp³-hybridized carbons (Fsp3) is 0.438. The molecule has 2 unspecified atom stereocenters. The number of methoxy groups -OCH3 is 1. The summed E-state index contributed by atoms with van der Waals surface area (Å²) in [6, 6.07) is 2.27. The minimum Gasteiger partial charge on any atom is -0.469 e. The van der Waals surface area contributed by atoms with Crippen LogP contribution < -0.4 is 5.32 Å². The van der Waals surface area contributed by atoms with Gasteiger partial charge in [-0.1, -0.05) is 22.9 Å². The topological polar surface area (TPSA) is 116 Å². The van der Waals surface area contributed by atoms with E-state index < -0.39 is 34.4 Å². The van der Waals surface area contributed by atoms with Gasteiger partial charge in [-0.15, -0.1) is 0 Å². The van der Waals surface area contributed by atoms with Gasteiger partial charge in [0.2, 0.25) is 5.78 Å². The van der Waals surface area contributed by atoms with Crippen molar-refractivity contribution in [3.05, 3.63) is 32.3 Å². The van der Waals surface area contributed by atoms with E-state index in [2.05, 4.69) is 26.0 Å². The molecule has 0 aromatic heterocycles. The van der Waals surface area contributed by atoms with Crippen molar-refractivity contribution in [1.82, 2.24) is 0 Å². The van der Waals surface area contributed by atoms with E-state index in [0.717, 1.165) is 0 Å². The SMILES string of the molecule is CCC(=O)C(=O)C1Cc2cc(Br)cc([N+](=O)[O-])c2NC1CC(=O)OC. The van der Waals surface area contributed by atoms with Gasteiger partial charge in [0.15, 0.2) is 5.78 Å². The predicted octanol–water partition coefficient (Wildman–Crippen LogP) is 2.42. The van der Waals surface area contributed by atoms with Crippen molar-refractivity contribution in [1.29, 1.82) is 0 Å². The number of carbonyl (C=O) groups excluding carboxylic acids is 3. The van der Waals surface area contributed by atoms with Crippen LogP contribution in [0.5, 0.6) is 0 Å². The summed E-state index contributed by atoms with van der Waals surface area (Å²) in [6.45, 7) is 1.58. The van der Waals surface area contributed by atoms with Gasteiger partial charge in [-0.2, -0.15) is 0 Å². The lowest BCUT2D eigenvalue weighted by molar-refractivity contribution is -0.384. The van der Waals surface area contributed by atoms with Gasteiger partial charge < -0.3 is 10.1 Å². The normalized spacial score (nSPS) is 18.7. The standard InChI is InChI=1S/C16H17BrN2O6/c1-3-13(20)16(22)10-5-8-4-9(17)6-12(19(23)24)15(8)18-11(10)7-14(21)25-2/h4,6,10-11,18H,3,5,7H2,1-2H3. The molecule has 0 saturated heterocycles. The molecule has 2 atom stereocenters. The number of nitrogens with zero attached hydrogens (tertiary/aromatic N) is 1. The molecule has 0 aliphatic carbocycles. The molecule has 2 rings (SSSR count). The Labute approximate surface area is 152 Å². The maximum Gasteiger partial charge on any atom is 0.307 e. The number of fused-ring (bicyclic) bond motifs is 1. The van der Waals surface area contributed by atoms with E-state index >= 15 is 0 Å². The zero-order valence-corrected chi connectivity index (χ0v) is 15.3. The zero-order valence-electron chi connectivity index (χ0n) is 13.7. The fourth-order valence-corrected chi connectivity index (χ4v) is 3.39. The summed E-state index contributed by atoms with van der Waals surface area (Å²) in [6.07, 6.45) is 0.0250. The van der Waals surface area contributed by atoms with Crippen molar-refractivity contribution in [2.24, 2.45) is 5.92 Å². The molecular weight excluding hydrogens is 396 g/mol. The molecule has 0 bridgehead atoms. The van der Waals surface area contributed by atoms with Gasteiger partial charge in [-0.3, -0.25) is 24.5 Å². The van der Waals surface area contributed by atoms with Gasteiger partial charge in [-0.05, 0) is 18.1 Å². The molecule has 0 amide bonds. The average molecular weight is 413 g/mol. The summed E-state index contributed by atoms with van der Waals surface area (Å²) in [7, 11) is 1.21. The molecule has 9 heteroatoms. The molecule has 1 aromatic carbocycles. The lowest BCUT2D eigenvalue weighted by atomic mass is 9.81. The molecule has 1 N–H and O–H groups in total. The average Bonchev–Trinajstić information content (AvgIpc) is 2.59. The van der Waals surface area contributed by atoms with Crippen molar-refractivity contribution >= 4 is 44.8 Å². The van der Waals surface area contributed by atoms with Crippen molar-refractivity contribution in [2.75, 3.05) is 12.4 Å². The molecule has 134 valence electrons. The lowest BCUT2D eigenvalue weighted by Gasteiger charge is -2.32. The highest BCUT2D eigenvalue weighted by atomic mass is 79.9. The second-order valence-corrected chi connectivity index (χ2v) is 6.61. The minimum atomic E-state index is -0.784. The molecule has 0 spiro atoms. The number of halogens is 1. The van der Waals surface area contributed by atoms with Crippen LogP contribution in [0.2, 0.25) is 0 Å². The van der Waals surface area contributed by atoms with Gasteiger partial charge >= 0.3 is 5.97 Å². The summed E-state index contributed by atoms with van der Waals surface area (Å²) in [5.41, 5.74) is 0.645. The molecule has 0 radical (unpaired) electrons. The Hall–Kier alpha value is -2.29. The maximum atomic E-state index is 12.4. The summed E-state index contributed by atoms with van der Waals surface area (Å²) in [5, 5.41) is 14.2. The number of rotatable bonds is 6. The first kappa shape index (κ1) is 19.0. The minimum absolute atomic E-state index is 0.0613. The highest BCUT2D eigenvalue weighted by molar-refractivity contribution is 9.10. The number of esters is 1. The second kappa shape index (κ2) is 7.73. The number of nitro benzene ring substituents is 1. The van der Waals surface area contributed by atoms with Crippen LogP contribution >= 0.6 is 15.9 Å². The van der Waals surface area contributed by atoms with Crippen LogP contribution in [0.15, 0.2) is 16.6 Å². The van der Waals surface area contributed by atoms with Gasteiger partial charge in [0, 0.05) is 23.0 Å². The number of hydrogen-bond donors (Lipinski definition) is 1. The number of ketones is 2. The van der Waals surface area contributed by atoms with Crippen LogP contribution in [0.25, 0.3) is 0 Å². The van der Waals surface area contributed by atoms with Crippen LogP contribution in [0, 0.1) is 16.0 Å². The molecule has 0 fully saturated rings. The third-order valence-corrected chi connectivity index (χ3v) is 4.62. The largest absolute Gasteiger partial charge is 0.469 e. The molecule has 1 aliphatic rings.